The van der Waals surface area contributed by atoms with Crippen LogP contribution in [0, 0.1) is 0 Å². The first kappa shape index (κ1) is 12.2. The summed E-state index contributed by atoms with van der Waals surface area (Å²) in [7, 11) is 0. The third kappa shape index (κ3) is 2.12. The van der Waals surface area contributed by atoms with Gasteiger partial charge < -0.3 is 15.1 Å². The third-order valence-corrected chi connectivity index (χ3v) is 3.98. The van der Waals surface area contributed by atoms with E-state index in [1.807, 2.05) is 24.3 Å². The SMILES string of the molecule is OCc1ccc2[nH]c(Cc3c[nH]c4ccccc34)cc2c1. The lowest BCUT2D eigenvalue weighted by molar-refractivity contribution is 0.282. The average molecular weight is 276 g/mol. The molecule has 21 heavy (non-hydrogen) atoms. The Morgan fingerprint density at radius 2 is 1.86 bits per heavy atom. The Labute approximate surface area is 122 Å². The van der Waals surface area contributed by atoms with Gasteiger partial charge in [-0.1, -0.05) is 24.3 Å². The number of aliphatic hydroxyl groups is 1. The maximum atomic E-state index is 9.22. The van der Waals surface area contributed by atoms with Crippen LogP contribution in [0.4, 0.5) is 0 Å². The van der Waals surface area contributed by atoms with Crippen LogP contribution in [0.3, 0.4) is 0 Å². The number of aromatic amines is 2. The second kappa shape index (κ2) is 4.79. The number of para-hydroxylation sites is 1. The summed E-state index contributed by atoms with van der Waals surface area (Å²) in [6, 6.07) is 16.5. The van der Waals surface area contributed by atoms with E-state index in [-0.39, 0.29) is 6.61 Å². The highest BCUT2D eigenvalue weighted by atomic mass is 16.3. The number of benzene rings is 2. The second-order valence-corrected chi connectivity index (χ2v) is 5.41. The minimum Gasteiger partial charge on any atom is -0.392 e. The fourth-order valence-electron chi connectivity index (χ4n) is 2.92. The summed E-state index contributed by atoms with van der Waals surface area (Å²) in [4.78, 5) is 6.77. The van der Waals surface area contributed by atoms with Gasteiger partial charge in [0.1, 0.15) is 0 Å². The van der Waals surface area contributed by atoms with Crippen molar-refractivity contribution in [1.82, 2.24) is 9.97 Å². The van der Waals surface area contributed by atoms with E-state index in [4.69, 9.17) is 0 Å². The molecule has 4 rings (SSSR count). The third-order valence-electron chi connectivity index (χ3n) is 3.98. The van der Waals surface area contributed by atoms with Gasteiger partial charge in [-0.05, 0) is 35.4 Å². The van der Waals surface area contributed by atoms with Crippen LogP contribution in [-0.2, 0) is 13.0 Å². The molecule has 2 heterocycles. The van der Waals surface area contributed by atoms with Gasteiger partial charge in [0, 0.05) is 40.1 Å². The van der Waals surface area contributed by atoms with E-state index in [1.54, 1.807) is 0 Å². The van der Waals surface area contributed by atoms with Gasteiger partial charge in [-0.15, -0.1) is 0 Å². The molecule has 0 saturated carbocycles. The summed E-state index contributed by atoms with van der Waals surface area (Å²) in [6.07, 6.45) is 2.95. The summed E-state index contributed by atoms with van der Waals surface area (Å²) < 4.78 is 0. The topological polar surface area (TPSA) is 51.8 Å². The number of hydrogen-bond acceptors (Lipinski definition) is 1. The number of H-pyrrole nitrogens is 2. The first-order valence-electron chi connectivity index (χ1n) is 7.10. The monoisotopic (exact) mass is 276 g/mol. The highest BCUT2D eigenvalue weighted by Crippen LogP contribution is 2.23. The van der Waals surface area contributed by atoms with Crippen molar-refractivity contribution in [3.05, 3.63) is 71.5 Å². The fourth-order valence-corrected chi connectivity index (χ4v) is 2.92. The lowest BCUT2D eigenvalue weighted by atomic mass is 10.1. The summed E-state index contributed by atoms with van der Waals surface area (Å²) >= 11 is 0. The van der Waals surface area contributed by atoms with Crippen molar-refractivity contribution in [1.29, 1.82) is 0 Å². The first-order valence-corrected chi connectivity index (χ1v) is 7.10. The van der Waals surface area contributed by atoms with Gasteiger partial charge in [0.05, 0.1) is 6.61 Å². The Morgan fingerprint density at radius 1 is 0.952 bits per heavy atom. The summed E-state index contributed by atoms with van der Waals surface area (Å²) in [5.41, 5.74) is 5.71. The molecule has 0 aliphatic rings. The largest absolute Gasteiger partial charge is 0.392 e. The highest BCUT2D eigenvalue weighted by molar-refractivity contribution is 5.84. The zero-order valence-corrected chi connectivity index (χ0v) is 11.6. The fraction of sp³-hybridized carbons (Fsp3) is 0.111. The van der Waals surface area contributed by atoms with Gasteiger partial charge in [0.15, 0.2) is 0 Å². The quantitative estimate of drug-likeness (QED) is 0.524. The molecule has 0 bridgehead atoms. The van der Waals surface area contributed by atoms with Gasteiger partial charge >= 0.3 is 0 Å². The van der Waals surface area contributed by atoms with Gasteiger partial charge in [-0.2, -0.15) is 0 Å². The summed E-state index contributed by atoms with van der Waals surface area (Å²) in [6.45, 7) is 0.0822. The van der Waals surface area contributed by atoms with Crippen LogP contribution >= 0.6 is 0 Å². The van der Waals surface area contributed by atoms with Gasteiger partial charge in [-0.25, -0.2) is 0 Å². The van der Waals surface area contributed by atoms with E-state index in [0.717, 1.165) is 22.9 Å². The molecular weight excluding hydrogens is 260 g/mol. The molecule has 4 aromatic rings. The molecule has 0 atom stereocenters. The number of rotatable bonds is 3. The molecule has 2 aromatic heterocycles. The molecule has 2 aromatic carbocycles. The predicted octanol–water partition coefficient (Wildman–Crippen LogP) is 3.73. The molecule has 0 fully saturated rings. The maximum absolute atomic E-state index is 9.22. The second-order valence-electron chi connectivity index (χ2n) is 5.41. The van der Waals surface area contributed by atoms with Crippen molar-refractivity contribution in [3.8, 4) is 0 Å². The van der Waals surface area contributed by atoms with Crippen LogP contribution in [-0.4, -0.2) is 15.1 Å². The average Bonchev–Trinajstić information content (AvgIpc) is 3.10. The molecule has 0 amide bonds. The molecular formula is C18H16N2O. The summed E-state index contributed by atoms with van der Waals surface area (Å²) in [5, 5.41) is 11.6. The lowest BCUT2D eigenvalue weighted by Crippen LogP contribution is -1.85. The minimum atomic E-state index is 0.0822. The van der Waals surface area contributed by atoms with Gasteiger partial charge in [0.2, 0.25) is 0 Å². The van der Waals surface area contributed by atoms with Crippen LogP contribution in [0.15, 0.2) is 54.7 Å². The van der Waals surface area contributed by atoms with Gasteiger partial charge in [0.25, 0.3) is 0 Å². The van der Waals surface area contributed by atoms with Crippen molar-refractivity contribution < 1.29 is 5.11 Å². The first-order chi connectivity index (χ1) is 10.3. The zero-order chi connectivity index (χ0) is 14.2. The van der Waals surface area contributed by atoms with E-state index >= 15 is 0 Å². The van der Waals surface area contributed by atoms with E-state index in [2.05, 4.69) is 40.4 Å². The van der Waals surface area contributed by atoms with Crippen LogP contribution in [0.25, 0.3) is 21.8 Å². The Balaban J connectivity index is 1.73. The van der Waals surface area contributed by atoms with E-state index < -0.39 is 0 Å². The van der Waals surface area contributed by atoms with Crippen molar-refractivity contribution >= 4 is 21.8 Å². The molecule has 3 nitrogen and oxygen atoms in total. The highest BCUT2D eigenvalue weighted by Gasteiger charge is 2.07. The normalized spacial score (nSPS) is 11.5. The lowest BCUT2D eigenvalue weighted by Gasteiger charge is -1.96. The number of fused-ring (bicyclic) bond motifs is 2. The molecule has 0 spiro atoms. The van der Waals surface area contributed by atoms with Crippen LogP contribution in [0.5, 0.6) is 0 Å². The Bertz CT molecular complexity index is 917. The maximum Gasteiger partial charge on any atom is 0.0682 e. The van der Waals surface area contributed by atoms with Crippen LogP contribution in [0.2, 0.25) is 0 Å². The number of hydrogen-bond donors (Lipinski definition) is 3. The minimum absolute atomic E-state index is 0.0822. The zero-order valence-electron chi connectivity index (χ0n) is 11.6. The van der Waals surface area contributed by atoms with E-state index in [1.165, 1.54) is 22.2 Å². The molecule has 0 unspecified atom stereocenters. The molecule has 0 aliphatic heterocycles. The van der Waals surface area contributed by atoms with Crippen molar-refractivity contribution in [2.24, 2.45) is 0 Å². The molecule has 0 aliphatic carbocycles. The van der Waals surface area contributed by atoms with Gasteiger partial charge in [-0.3, -0.25) is 0 Å². The number of nitrogens with one attached hydrogen (secondary N) is 2. The number of aliphatic hydroxyl groups excluding tert-OH is 1. The van der Waals surface area contributed by atoms with Crippen molar-refractivity contribution in [2.75, 3.05) is 0 Å². The number of aromatic nitrogens is 2. The van der Waals surface area contributed by atoms with Crippen molar-refractivity contribution in [2.45, 2.75) is 13.0 Å². The standard InChI is InChI=1S/C18H16N2O/c21-11-12-5-6-17-13(7-12)8-15(20-17)9-14-10-19-18-4-2-1-3-16(14)18/h1-8,10,19-21H,9,11H2. The van der Waals surface area contributed by atoms with E-state index in [0.29, 0.717) is 0 Å². The summed E-state index contributed by atoms with van der Waals surface area (Å²) in [5.74, 6) is 0. The van der Waals surface area contributed by atoms with E-state index in [9.17, 15) is 5.11 Å². The molecule has 3 heteroatoms. The predicted molar refractivity (Wildman–Crippen MR) is 85.3 cm³/mol. The Kier molecular flexibility index (Phi) is 2.79. The Hall–Kier alpha value is -2.52. The molecule has 3 N–H and O–H groups in total. The molecule has 104 valence electrons. The smallest absolute Gasteiger partial charge is 0.0682 e. The van der Waals surface area contributed by atoms with Crippen LogP contribution < -0.4 is 0 Å². The van der Waals surface area contributed by atoms with Crippen molar-refractivity contribution in [3.63, 3.8) is 0 Å². The Morgan fingerprint density at radius 3 is 2.76 bits per heavy atom. The molecule has 0 saturated heterocycles. The van der Waals surface area contributed by atoms with Crippen LogP contribution in [0.1, 0.15) is 16.8 Å². The molecule has 0 radical (unpaired) electrons.